The number of aryl methyl sites for hydroxylation is 1. The van der Waals surface area contributed by atoms with E-state index in [0.29, 0.717) is 5.56 Å². The summed E-state index contributed by atoms with van der Waals surface area (Å²) in [6.45, 7) is 2.12. The highest BCUT2D eigenvalue weighted by Gasteiger charge is 2.36. The van der Waals surface area contributed by atoms with Gasteiger partial charge in [-0.3, -0.25) is 0 Å². The zero-order valence-corrected chi connectivity index (χ0v) is 15.5. The topological polar surface area (TPSA) is 35.0 Å². The second-order valence-electron chi connectivity index (χ2n) is 6.48. The second kappa shape index (κ2) is 8.87. The Morgan fingerprint density at radius 2 is 1.64 bits per heavy atom. The Balaban J connectivity index is 1.86. The maximum Gasteiger partial charge on any atom is 0.423 e. The molecule has 0 bridgehead atoms. The molecule has 1 aromatic heterocycles. The summed E-state index contributed by atoms with van der Waals surface area (Å²) in [5.41, 5.74) is 1.61. The summed E-state index contributed by atoms with van der Waals surface area (Å²) in [5.74, 6) is -0.255. The van der Waals surface area contributed by atoms with Crippen LogP contribution in [0, 0.1) is 0 Å². The molecular weight excluding hydrogens is 365 g/mol. The lowest BCUT2D eigenvalue weighted by atomic mass is 10.1. The molecule has 0 N–H and O–H groups in total. The van der Waals surface area contributed by atoms with E-state index in [1.807, 2.05) is 30.3 Å². The van der Waals surface area contributed by atoms with Crippen molar-refractivity contribution in [3.8, 4) is 17.3 Å². The number of ether oxygens (including phenoxy) is 1. The fraction of sp³-hybridized carbons (Fsp3) is 0.273. The third-order valence-corrected chi connectivity index (χ3v) is 4.31. The van der Waals surface area contributed by atoms with E-state index in [1.165, 1.54) is 5.56 Å². The van der Waals surface area contributed by atoms with Crippen molar-refractivity contribution in [3.05, 3.63) is 77.5 Å². The number of aromatic nitrogens is 2. The van der Waals surface area contributed by atoms with Crippen LogP contribution in [0.2, 0.25) is 0 Å². The van der Waals surface area contributed by atoms with Gasteiger partial charge in [0.15, 0.2) is 5.82 Å². The van der Waals surface area contributed by atoms with Gasteiger partial charge in [-0.15, -0.1) is 0 Å². The summed E-state index contributed by atoms with van der Waals surface area (Å²) in [5, 5.41) is 0. The molecule has 1 heterocycles. The first kappa shape index (κ1) is 19.9. The van der Waals surface area contributed by atoms with Crippen LogP contribution in [0.25, 0.3) is 11.4 Å². The van der Waals surface area contributed by atoms with Crippen molar-refractivity contribution in [2.75, 3.05) is 0 Å². The van der Waals surface area contributed by atoms with Crippen molar-refractivity contribution >= 4 is 0 Å². The number of benzene rings is 2. The number of hydrogen-bond donors (Lipinski definition) is 0. The number of hydrogen-bond acceptors (Lipinski definition) is 3. The lowest BCUT2D eigenvalue weighted by molar-refractivity contribution is -0.139. The minimum Gasteiger partial charge on any atom is -0.472 e. The average Bonchev–Trinajstić information content (AvgIpc) is 2.71. The Morgan fingerprint density at radius 3 is 2.29 bits per heavy atom. The van der Waals surface area contributed by atoms with Gasteiger partial charge in [0.05, 0.1) is 0 Å². The minimum absolute atomic E-state index is 0.00364. The first-order valence-corrected chi connectivity index (χ1v) is 9.17. The zero-order chi connectivity index (χ0) is 20.0. The van der Waals surface area contributed by atoms with Gasteiger partial charge in [-0.1, -0.05) is 67.9 Å². The number of unbranched alkanes of at least 4 members (excludes halogenated alkanes) is 1. The van der Waals surface area contributed by atoms with Gasteiger partial charge in [0.25, 0.3) is 0 Å². The van der Waals surface area contributed by atoms with E-state index in [9.17, 15) is 13.2 Å². The normalized spacial score (nSPS) is 11.4. The van der Waals surface area contributed by atoms with E-state index >= 15 is 0 Å². The number of alkyl halides is 3. The number of nitrogens with zero attached hydrogens (tertiary/aromatic N) is 2. The van der Waals surface area contributed by atoms with Gasteiger partial charge in [0.2, 0.25) is 5.88 Å². The molecule has 146 valence electrons. The molecule has 0 fully saturated rings. The van der Waals surface area contributed by atoms with Crippen molar-refractivity contribution in [1.82, 2.24) is 9.97 Å². The molecule has 0 saturated carbocycles. The maximum absolute atomic E-state index is 13.3. The molecule has 0 radical (unpaired) electrons. The third kappa shape index (κ3) is 5.09. The molecule has 0 saturated heterocycles. The van der Waals surface area contributed by atoms with Gasteiger partial charge < -0.3 is 4.74 Å². The second-order valence-corrected chi connectivity index (χ2v) is 6.48. The van der Waals surface area contributed by atoms with Crippen LogP contribution in [-0.2, 0) is 19.2 Å². The van der Waals surface area contributed by atoms with Crippen LogP contribution in [0.4, 0.5) is 13.2 Å². The van der Waals surface area contributed by atoms with E-state index in [0.717, 1.165) is 31.0 Å². The molecule has 0 amide bonds. The summed E-state index contributed by atoms with van der Waals surface area (Å²) < 4.78 is 45.4. The summed E-state index contributed by atoms with van der Waals surface area (Å²) in [6, 6.07) is 16.6. The summed E-state index contributed by atoms with van der Waals surface area (Å²) in [6.07, 6.45) is -0.641. The Labute approximate surface area is 162 Å². The molecule has 0 atom stereocenters. The predicted molar refractivity (Wildman–Crippen MR) is 102 cm³/mol. The molecule has 28 heavy (non-hydrogen) atoms. The van der Waals surface area contributed by atoms with E-state index in [-0.39, 0.29) is 12.4 Å². The zero-order valence-electron chi connectivity index (χ0n) is 15.5. The van der Waals surface area contributed by atoms with Gasteiger partial charge in [-0.25, -0.2) is 4.98 Å². The quantitative estimate of drug-likeness (QED) is 0.493. The first-order chi connectivity index (χ1) is 13.5. The van der Waals surface area contributed by atoms with Crippen LogP contribution in [0.5, 0.6) is 5.88 Å². The highest BCUT2D eigenvalue weighted by atomic mass is 19.4. The van der Waals surface area contributed by atoms with Gasteiger partial charge in [0, 0.05) is 11.8 Å². The lowest BCUT2D eigenvalue weighted by Crippen LogP contribution is -2.11. The summed E-state index contributed by atoms with van der Waals surface area (Å²) >= 11 is 0. The fourth-order valence-electron chi connectivity index (χ4n) is 2.74. The molecule has 2 aromatic carbocycles. The van der Waals surface area contributed by atoms with Gasteiger partial charge in [-0.05, 0) is 24.0 Å². The Kier molecular flexibility index (Phi) is 6.29. The van der Waals surface area contributed by atoms with E-state index in [2.05, 4.69) is 16.9 Å². The molecule has 0 aliphatic carbocycles. The van der Waals surface area contributed by atoms with Crippen LogP contribution in [0.15, 0.2) is 60.8 Å². The molecule has 0 aliphatic rings. The molecule has 0 unspecified atom stereocenters. The molecular formula is C22H21F3N2O. The Bertz CT molecular complexity index is 894. The summed E-state index contributed by atoms with van der Waals surface area (Å²) in [7, 11) is 0. The maximum atomic E-state index is 13.3. The van der Waals surface area contributed by atoms with Crippen LogP contribution in [-0.4, -0.2) is 9.97 Å². The lowest BCUT2D eigenvalue weighted by Gasteiger charge is -2.14. The van der Waals surface area contributed by atoms with E-state index in [4.69, 9.17) is 4.74 Å². The van der Waals surface area contributed by atoms with Gasteiger partial charge in [-0.2, -0.15) is 18.2 Å². The van der Waals surface area contributed by atoms with Crippen molar-refractivity contribution in [1.29, 1.82) is 0 Å². The first-order valence-electron chi connectivity index (χ1n) is 9.17. The van der Waals surface area contributed by atoms with Gasteiger partial charge in [0.1, 0.15) is 12.2 Å². The Morgan fingerprint density at radius 1 is 0.929 bits per heavy atom. The van der Waals surface area contributed by atoms with E-state index < -0.39 is 17.6 Å². The monoisotopic (exact) mass is 386 g/mol. The smallest absolute Gasteiger partial charge is 0.423 e. The van der Waals surface area contributed by atoms with Crippen LogP contribution >= 0.6 is 0 Å². The molecule has 0 aliphatic heterocycles. The SMILES string of the molecule is CCCCc1ccc(-c2ncc(C(F)(F)F)c(OCc3ccccc3)n2)cc1. The molecule has 0 spiro atoms. The average molecular weight is 386 g/mol. The largest absolute Gasteiger partial charge is 0.472 e. The van der Waals surface area contributed by atoms with Crippen molar-refractivity contribution in [3.63, 3.8) is 0 Å². The van der Waals surface area contributed by atoms with Gasteiger partial charge >= 0.3 is 6.18 Å². The van der Waals surface area contributed by atoms with E-state index in [1.54, 1.807) is 24.3 Å². The predicted octanol–water partition coefficient (Wildman–Crippen LogP) is 6.08. The summed E-state index contributed by atoms with van der Waals surface area (Å²) in [4.78, 5) is 7.97. The van der Waals surface area contributed by atoms with Crippen molar-refractivity contribution in [2.24, 2.45) is 0 Å². The molecule has 3 rings (SSSR count). The minimum atomic E-state index is -4.59. The number of halogens is 3. The standard InChI is InChI=1S/C22H21F3N2O/c1-2-3-7-16-10-12-18(13-11-16)20-26-14-19(22(23,24)25)21(27-20)28-15-17-8-5-4-6-9-17/h4-6,8-14H,2-3,7,15H2,1H3. The Hall–Kier alpha value is -2.89. The molecule has 6 heteroatoms. The van der Waals surface area contributed by atoms with Crippen molar-refractivity contribution < 1.29 is 17.9 Å². The van der Waals surface area contributed by atoms with Crippen LogP contribution in [0.3, 0.4) is 0 Å². The molecule has 3 aromatic rings. The molecule has 3 nitrogen and oxygen atoms in total. The van der Waals surface area contributed by atoms with Crippen LogP contribution in [0.1, 0.15) is 36.5 Å². The van der Waals surface area contributed by atoms with Crippen LogP contribution < -0.4 is 4.74 Å². The highest BCUT2D eigenvalue weighted by molar-refractivity contribution is 5.56. The number of rotatable bonds is 7. The highest BCUT2D eigenvalue weighted by Crippen LogP contribution is 2.36. The fourth-order valence-corrected chi connectivity index (χ4v) is 2.74. The van der Waals surface area contributed by atoms with Crippen molar-refractivity contribution in [2.45, 2.75) is 39.0 Å². The third-order valence-electron chi connectivity index (χ3n) is 4.31.